The molecule has 2 aromatic rings. The smallest absolute Gasteiger partial charge is 0.339 e. The van der Waals surface area contributed by atoms with Crippen molar-refractivity contribution in [2.24, 2.45) is 5.73 Å². The molecular weight excluding hydrogens is 538 g/mol. The number of hydrogen-bond acceptors (Lipinski definition) is 8. The zero-order chi connectivity index (χ0) is 24.3. The summed E-state index contributed by atoms with van der Waals surface area (Å²) < 4.78 is 30.6. The van der Waals surface area contributed by atoms with Crippen LogP contribution in [0.3, 0.4) is 0 Å². The molecular formula is C20H16BrN3O7S2. The topological polar surface area (TPSA) is 153 Å². The number of primary amides is 1. The molecule has 0 aromatic heterocycles. The second-order valence-corrected chi connectivity index (χ2v) is 10.1. The second kappa shape index (κ2) is 9.77. The number of hydrogen-bond donors (Lipinski definition) is 2. The maximum atomic E-state index is 12.6. The van der Waals surface area contributed by atoms with Gasteiger partial charge in [0.15, 0.2) is 5.75 Å². The number of anilines is 1. The van der Waals surface area contributed by atoms with Gasteiger partial charge in [0.1, 0.15) is 11.4 Å². The van der Waals surface area contributed by atoms with E-state index in [4.69, 9.17) is 9.92 Å². The predicted octanol–water partition coefficient (Wildman–Crippen LogP) is 2.70. The number of nitrogens with two attached hydrogens (primary N) is 1. The first-order chi connectivity index (χ1) is 15.5. The van der Waals surface area contributed by atoms with Gasteiger partial charge in [-0.15, -0.1) is 0 Å². The van der Waals surface area contributed by atoms with E-state index in [2.05, 4.69) is 21.2 Å². The number of amides is 4. The molecule has 10 nitrogen and oxygen atoms in total. The Morgan fingerprint density at radius 1 is 1.18 bits per heavy atom. The number of thioether (sulfide) groups is 1. The average molecular weight is 554 g/mol. The highest BCUT2D eigenvalue weighted by Gasteiger charge is 2.35. The van der Waals surface area contributed by atoms with E-state index < -0.39 is 33.7 Å². The van der Waals surface area contributed by atoms with Gasteiger partial charge in [-0.3, -0.25) is 24.1 Å². The molecule has 0 bridgehead atoms. The van der Waals surface area contributed by atoms with Crippen LogP contribution >= 0.6 is 27.7 Å². The Kier molecular flexibility index (Phi) is 7.25. The Bertz CT molecular complexity index is 1290. The number of nitrogens with zero attached hydrogens (tertiary/aromatic N) is 1. The summed E-state index contributed by atoms with van der Waals surface area (Å²) in [5, 5.41) is 1.92. The van der Waals surface area contributed by atoms with Gasteiger partial charge in [-0.25, -0.2) is 0 Å². The van der Waals surface area contributed by atoms with Crippen LogP contribution in [0.15, 0.2) is 56.7 Å². The third-order valence-electron chi connectivity index (χ3n) is 4.10. The molecule has 1 fully saturated rings. The summed E-state index contributed by atoms with van der Waals surface area (Å²) in [4.78, 5) is 47.0. The van der Waals surface area contributed by atoms with Crippen molar-refractivity contribution in [3.63, 3.8) is 0 Å². The van der Waals surface area contributed by atoms with Crippen LogP contribution in [0.5, 0.6) is 5.75 Å². The zero-order valence-electron chi connectivity index (χ0n) is 16.9. The lowest BCUT2D eigenvalue weighted by Crippen LogP contribution is -2.36. The van der Waals surface area contributed by atoms with Gasteiger partial charge in [-0.05, 0) is 75.7 Å². The molecule has 3 N–H and O–H groups in total. The van der Waals surface area contributed by atoms with Crippen molar-refractivity contribution in [1.29, 1.82) is 0 Å². The fourth-order valence-corrected chi connectivity index (χ4v) is 5.06. The first-order valence-electron chi connectivity index (χ1n) is 9.11. The quantitative estimate of drug-likeness (QED) is 0.392. The van der Waals surface area contributed by atoms with Gasteiger partial charge in [0, 0.05) is 12.6 Å². The number of carbonyl (C=O) groups excluding carboxylic acids is 4. The average Bonchev–Trinajstić information content (AvgIpc) is 2.97. The molecule has 0 aliphatic carbocycles. The predicted molar refractivity (Wildman–Crippen MR) is 125 cm³/mol. The van der Waals surface area contributed by atoms with Gasteiger partial charge >= 0.3 is 10.1 Å². The molecule has 1 saturated heterocycles. The highest BCUT2D eigenvalue weighted by Crippen LogP contribution is 2.34. The highest BCUT2D eigenvalue weighted by molar-refractivity contribution is 9.10. The van der Waals surface area contributed by atoms with E-state index in [1.165, 1.54) is 55.5 Å². The SMILES string of the molecule is CC(=O)Nc1ccc(S(=O)(=O)Oc2ccc(/C=C3\SC(=O)N(CC(N)=O)C3=O)cc2Br)cc1. The van der Waals surface area contributed by atoms with E-state index in [9.17, 15) is 27.6 Å². The molecule has 0 saturated carbocycles. The summed E-state index contributed by atoms with van der Waals surface area (Å²) in [6.45, 7) is 0.823. The van der Waals surface area contributed by atoms with Crippen LogP contribution < -0.4 is 15.2 Å². The molecule has 172 valence electrons. The van der Waals surface area contributed by atoms with E-state index in [-0.39, 0.29) is 25.9 Å². The standard InChI is InChI=1S/C20H16BrN3O7S2/c1-11(25)23-13-3-5-14(6-4-13)33(29,30)31-16-7-2-12(8-15(16)21)9-17-19(27)24(10-18(22)26)20(28)32-17/h2-9H,10H2,1H3,(H2,22,26)(H,23,25)/b17-9-. The van der Waals surface area contributed by atoms with Gasteiger partial charge in [0.25, 0.3) is 11.1 Å². The largest absolute Gasteiger partial charge is 0.378 e. The van der Waals surface area contributed by atoms with Crippen LogP contribution in [0.1, 0.15) is 12.5 Å². The fraction of sp³-hybridized carbons (Fsp3) is 0.100. The Morgan fingerprint density at radius 2 is 1.85 bits per heavy atom. The van der Waals surface area contributed by atoms with Crippen LogP contribution in [0, 0.1) is 0 Å². The number of nitrogens with one attached hydrogen (secondary N) is 1. The molecule has 0 radical (unpaired) electrons. The van der Waals surface area contributed by atoms with Crippen LogP contribution in [-0.2, 0) is 24.5 Å². The van der Waals surface area contributed by atoms with E-state index in [0.717, 1.165) is 4.90 Å². The van der Waals surface area contributed by atoms with Crippen LogP contribution in [-0.4, -0.2) is 42.8 Å². The summed E-state index contributed by atoms with van der Waals surface area (Å²) in [5.74, 6) is -1.75. The first kappa shape index (κ1) is 24.5. The minimum Gasteiger partial charge on any atom is -0.378 e. The number of benzene rings is 2. The summed E-state index contributed by atoms with van der Waals surface area (Å²) >= 11 is 3.90. The van der Waals surface area contributed by atoms with Gasteiger partial charge in [-0.2, -0.15) is 8.42 Å². The summed E-state index contributed by atoms with van der Waals surface area (Å²) in [5.41, 5.74) is 5.97. The maximum Gasteiger partial charge on any atom is 0.339 e. The van der Waals surface area contributed by atoms with E-state index in [1.54, 1.807) is 0 Å². The van der Waals surface area contributed by atoms with Gasteiger partial charge in [0.05, 0.1) is 9.38 Å². The molecule has 0 spiro atoms. The van der Waals surface area contributed by atoms with Crippen molar-refractivity contribution >= 4 is 72.5 Å². The third kappa shape index (κ3) is 6.00. The van der Waals surface area contributed by atoms with Gasteiger partial charge < -0.3 is 15.2 Å². The number of imide groups is 1. The minimum absolute atomic E-state index is 0.0000737. The zero-order valence-corrected chi connectivity index (χ0v) is 20.1. The summed E-state index contributed by atoms with van der Waals surface area (Å²) in [6, 6.07) is 9.84. The first-order valence-corrected chi connectivity index (χ1v) is 12.1. The van der Waals surface area contributed by atoms with Crippen LogP contribution in [0.2, 0.25) is 0 Å². The molecule has 3 rings (SSSR count). The molecule has 4 amide bonds. The third-order valence-corrected chi connectivity index (χ3v) is 6.88. The summed E-state index contributed by atoms with van der Waals surface area (Å²) in [7, 11) is -4.16. The Balaban J connectivity index is 1.77. The van der Waals surface area contributed by atoms with Crippen molar-refractivity contribution < 1.29 is 31.8 Å². The van der Waals surface area contributed by atoms with Gasteiger partial charge in [-0.1, -0.05) is 6.07 Å². The molecule has 0 atom stereocenters. The Hall–Kier alpha value is -3.16. The minimum atomic E-state index is -4.16. The maximum absolute atomic E-state index is 12.6. The van der Waals surface area contributed by atoms with Crippen molar-refractivity contribution in [2.45, 2.75) is 11.8 Å². The highest BCUT2D eigenvalue weighted by atomic mass is 79.9. The van der Waals surface area contributed by atoms with Crippen molar-refractivity contribution in [2.75, 3.05) is 11.9 Å². The molecule has 2 aromatic carbocycles. The van der Waals surface area contributed by atoms with E-state index in [1.807, 2.05) is 0 Å². The lowest BCUT2D eigenvalue weighted by atomic mass is 10.2. The van der Waals surface area contributed by atoms with Crippen molar-refractivity contribution in [3.8, 4) is 5.75 Å². The lowest BCUT2D eigenvalue weighted by molar-refractivity contribution is -0.127. The lowest BCUT2D eigenvalue weighted by Gasteiger charge is -2.10. The molecule has 1 aliphatic rings. The van der Waals surface area contributed by atoms with E-state index in [0.29, 0.717) is 23.0 Å². The van der Waals surface area contributed by atoms with Crippen molar-refractivity contribution in [1.82, 2.24) is 4.90 Å². The van der Waals surface area contributed by atoms with Gasteiger partial charge in [0.2, 0.25) is 11.8 Å². The molecule has 1 heterocycles. The Labute approximate surface area is 201 Å². The molecule has 0 unspecified atom stereocenters. The number of halogens is 1. The van der Waals surface area contributed by atoms with Crippen molar-refractivity contribution in [3.05, 3.63) is 57.4 Å². The second-order valence-electron chi connectivity index (χ2n) is 6.67. The normalized spacial score (nSPS) is 15.1. The Morgan fingerprint density at radius 3 is 2.42 bits per heavy atom. The number of rotatable bonds is 7. The molecule has 1 aliphatic heterocycles. The van der Waals surface area contributed by atoms with Crippen LogP contribution in [0.25, 0.3) is 6.08 Å². The van der Waals surface area contributed by atoms with E-state index >= 15 is 0 Å². The monoisotopic (exact) mass is 553 g/mol. The fourth-order valence-electron chi connectivity index (χ4n) is 2.69. The molecule has 13 heteroatoms. The number of carbonyl (C=O) groups is 4. The molecule has 33 heavy (non-hydrogen) atoms. The van der Waals surface area contributed by atoms with Crippen LogP contribution in [0.4, 0.5) is 10.5 Å². The summed E-state index contributed by atoms with van der Waals surface area (Å²) in [6.07, 6.45) is 1.43.